The molecule has 1 rings (SSSR count). The van der Waals surface area contributed by atoms with Gasteiger partial charge >= 0.3 is 6.09 Å². The Bertz CT molecular complexity index is 521. The van der Waals surface area contributed by atoms with E-state index < -0.39 is 11.7 Å². The molecule has 1 amide bonds. The fraction of sp³-hybridized carbons (Fsp3) is 0.500. The zero-order chi connectivity index (χ0) is 16.6. The van der Waals surface area contributed by atoms with Gasteiger partial charge in [-0.15, -0.1) is 0 Å². The van der Waals surface area contributed by atoms with Crippen LogP contribution < -0.4 is 16.4 Å². The molecule has 0 heterocycles. The Morgan fingerprint density at radius 1 is 1.32 bits per heavy atom. The maximum atomic E-state index is 11.6. The van der Waals surface area contributed by atoms with Crippen molar-refractivity contribution in [2.24, 2.45) is 10.7 Å². The number of carbonyl (C=O) groups is 1. The van der Waals surface area contributed by atoms with Crippen molar-refractivity contribution in [2.45, 2.75) is 39.7 Å². The Morgan fingerprint density at radius 3 is 2.64 bits per heavy atom. The Labute approximate surface area is 132 Å². The predicted molar refractivity (Wildman–Crippen MR) is 90.2 cm³/mol. The van der Waals surface area contributed by atoms with Crippen molar-refractivity contribution >= 4 is 17.7 Å². The Hall–Kier alpha value is -2.24. The molecule has 0 fully saturated rings. The first kappa shape index (κ1) is 17.8. The second-order valence-electron chi connectivity index (χ2n) is 5.82. The van der Waals surface area contributed by atoms with E-state index in [4.69, 9.17) is 10.5 Å². The quantitative estimate of drug-likeness (QED) is 0.576. The van der Waals surface area contributed by atoms with Gasteiger partial charge in [0.1, 0.15) is 5.60 Å². The second kappa shape index (κ2) is 8.26. The Kier molecular flexibility index (Phi) is 6.69. The van der Waals surface area contributed by atoms with Gasteiger partial charge in [0.15, 0.2) is 5.96 Å². The topological polar surface area (TPSA) is 88.7 Å². The molecule has 0 atom stereocenters. The number of aliphatic imine (C=N–C) groups is 1. The van der Waals surface area contributed by atoms with Crippen LogP contribution in [0.3, 0.4) is 0 Å². The van der Waals surface area contributed by atoms with Crippen LogP contribution in [0, 0.1) is 0 Å². The van der Waals surface area contributed by atoms with Crippen LogP contribution in [-0.2, 0) is 11.2 Å². The molecule has 0 aliphatic rings. The summed E-state index contributed by atoms with van der Waals surface area (Å²) in [6.45, 7) is 8.54. The van der Waals surface area contributed by atoms with Crippen LogP contribution in [0.1, 0.15) is 33.3 Å². The van der Waals surface area contributed by atoms with Gasteiger partial charge in [-0.2, -0.15) is 0 Å². The number of alkyl carbamates (subject to hydrolysis) is 1. The zero-order valence-electron chi connectivity index (χ0n) is 13.8. The first-order valence-electron chi connectivity index (χ1n) is 7.43. The minimum absolute atomic E-state index is 0.384. The predicted octanol–water partition coefficient (Wildman–Crippen LogP) is 2.50. The lowest BCUT2D eigenvalue weighted by atomic mass is 10.1. The lowest BCUT2D eigenvalue weighted by Crippen LogP contribution is -2.33. The van der Waals surface area contributed by atoms with Crippen molar-refractivity contribution < 1.29 is 9.53 Å². The summed E-state index contributed by atoms with van der Waals surface area (Å²) in [7, 11) is 0. The SMILES string of the molecule is CCN=C(N)Nc1ccccc1CCNC(=O)OC(C)(C)C. The van der Waals surface area contributed by atoms with Crippen molar-refractivity contribution in [2.75, 3.05) is 18.4 Å². The number of carbonyl (C=O) groups excluding carboxylic acids is 1. The van der Waals surface area contributed by atoms with Crippen LogP contribution in [0.25, 0.3) is 0 Å². The van der Waals surface area contributed by atoms with Gasteiger partial charge in [-0.3, -0.25) is 4.99 Å². The van der Waals surface area contributed by atoms with Gasteiger partial charge in [-0.25, -0.2) is 4.79 Å². The highest BCUT2D eigenvalue weighted by atomic mass is 16.6. The minimum Gasteiger partial charge on any atom is -0.444 e. The molecular weight excluding hydrogens is 280 g/mol. The summed E-state index contributed by atoms with van der Waals surface area (Å²) in [6.07, 6.45) is 0.256. The number of hydrogen-bond donors (Lipinski definition) is 3. The molecule has 0 spiro atoms. The molecule has 0 radical (unpaired) electrons. The number of nitrogens with two attached hydrogens (primary N) is 1. The van der Waals surface area contributed by atoms with Crippen LogP contribution in [-0.4, -0.2) is 30.7 Å². The number of benzene rings is 1. The fourth-order valence-electron chi connectivity index (χ4n) is 1.82. The molecule has 6 nitrogen and oxygen atoms in total. The van der Waals surface area contributed by atoms with Gasteiger partial charge in [0.25, 0.3) is 0 Å². The summed E-state index contributed by atoms with van der Waals surface area (Å²) < 4.78 is 5.20. The molecule has 22 heavy (non-hydrogen) atoms. The monoisotopic (exact) mass is 306 g/mol. The first-order chi connectivity index (χ1) is 10.3. The standard InChI is InChI=1S/C16H26N4O2/c1-5-18-14(17)20-13-9-7-6-8-12(13)10-11-19-15(21)22-16(2,3)4/h6-9H,5,10-11H2,1-4H3,(H,19,21)(H3,17,18,20). The van der Waals surface area contributed by atoms with Crippen LogP contribution in [0.5, 0.6) is 0 Å². The van der Waals surface area contributed by atoms with Gasteiger partial charge in [0.05, 0.1) is 0 Å². The van der Waals surface area contributed by atoms with E-state index in [0.717, 1.165) is 11.3 Å². The van der Waals surface area contributed by atoms with Crippen LogP contribution in [0.4, 0.5) is 10.5 Å². The average Bonchev–Trinajstić information content (AvgIpc) is 2.39. The Morgan fingerprint density at radius 2 is 2.00 bits per heavy atom. The molecule has 4 N–H and O–H groups in total. The van der Waals surface area contributed by atoms with Gasteiger partial charge in [0.2, 0.25) is 0 Å². The summed E-state index contributed by atoms with van der Waals surface area (Å²) in [5, 5.41) is 5.81. The summed E-state index contributed by atoms with van der Waals surface area (Å²) in [4.78, 5) is 15.7. The van der Waals surface area contributed by atoms with Crippen molar-refractivity contribution in [1.29, 1.82) is 0 Å². The molecule has 122 valence electrons. The van der Waals surface area contributed by atoms with Crippen LogP contribution >= 0.6 is 0 Å². The molecule has 0 saturated carbocycles. The number of para-hydroxylation sites is 1. The molecule has 1 aromatic rings. The van der Waals surface area contributed by atoms with Gasteiger partial charge in [-0.1, -0.05) is 18.2 Å². The molecule has 0 bridgehead atoms. The first-order valence-corrected chi connectivity index (χ1v) is 7.43. The maximum absolute atomic E-state index is 11.6. The summed E-state index contributed by atoms with van der Waals surface area (Å²) >= 11 is 0. The van der Waals surface area contributed by atoms with E-state index in [2.05, 4.69) is 15.6 Å². The third-order valence-electron chi connectivity index (χ3n) is 2.67. The number of hydrogen-bond acceptors (Lipinski definition) is 3. The third-order valence-corrected chi connectivity index (χ3v) is 2.67. The zero-order valence-corrected chi connectivity index (χ0v) is 13.8. The lowest BCUT2D eigenvalue weighted by molar-refractivity contribution is 0.0528. The van der Waals surface area contributed by atoms with Crippen molar-refractivity contribution in [1.82, 2.24) is 5.32 Å². The van der Waals surface area contributed by atoms with E-state index in [1.165, 1.54) is 0 Å². The number of guanidine groups is 1. The highest BCUT2D eigenvalue weighted by Crippen LogP contribution is 2.15. The molecule has 0 unspecified atom stereocenters. The number of ether oxygens (including phenoxy) is 1. The number of rotatable bonds is 5. The fourth-order valence-corrected chi connectivity index (χ4v) is 1.82. The van der Waals surface area contributed by atoms with Crippen molar-refractivity contribution in [3.05, 3.63) is 29.8 Å². The number of nitrogens with zero attached hydrogens (tertiary/aromatic N) is 1. The number of nitrogens with one attached hydrogen (secondary N) is 2. The van der Waals surface area contributed by atoms with E-state index in [9.17, 15) is 4.79 Å². The average molecular weight is 306 g/mol. The van der Waals surface area contributed by atoms with Crippen molar-refractivity contribution in [3.63, 3.8) is 0 Å². The second-order valence-corrected chi connectivity index (χ2v) is 5.82. The van der Waals surface area contributed by atoms with E-state index in [-0.39, 0.29) is 0 Å². The third kappa shape index (κ3) is 6.97. The highest BCUT2D eigenvalue weighted by molar-refractivity contribution is 5.92. The van der Waals surface area contributed by atoms with E-state index in [1.54, 1.807) is 0 Å². The summed E-state index contributed by atoms with van der Waals surface area (Å²) in [5.74, 6) is 0.384. The van der Waals surface area contributed by atoms with Crippen molar-refractivity contribution in [3.8, 4) is 0 Å². The molecule has 0 aromatic heterocycles. The molecular formula is C16H26N4O2. The van der Waals surface area contributed by atoms with Gasteiger partial charge in [0, 0.05) is 18.8 Å². The van der Waals surface area contributed by atoms with E-state index in [1.807, 2.05) is 52.0 Å². The lowest BCUT2D eigenvalue weighted by Gasteiger charge is -2.19. The van der Waals surface area contributed by atoms with Crippen LogP contribution in [0.2, 0.25) is 0 Å². The van der Waals surface area contributed by atoms with Gasteiger partial charge < -0.3 is 21.1 Å². The molecule has 0 aliphatic heterocycles. The summed E-state index contributed by atoms with van der Waals surface area (Å²) in [5.41, 5.74) is 7.23. The number of amides is 1. The molecule has 6 heteroatoms. The minimum atomic E-state index is -0.491. The Balaban J connectivity index is 2.56. The van der Waals surface area contributed by atoms with Gasteiger partial charge in [-0.05, 0) is 45.7 Å². The molecule has 0 saturated heterocycles. The van der Waals surface area contributed by atoms with E-state index in [0.29, 0.717) is 25.5 Å². The molecule has 0 aliphatic carbocycles. The van der Waals surface area contributed by atoms with Crippen LogP contribution in [0.15, 0.2) is 29.3 Å². The van der Waals surface area contributed by atoms with E-state index >= 15 is 0 Å². The molecule has 1 aromatic carbocycles. The number of anilines is 1. The smallest absolute Gasteiger partial charge is 0.407 e. The maximum Gasteiger partial charge on any atom is 0.407 e. The summed E-state index contributed by atoms with van der Waals surface area (Å²) in [6, 6.07) is 7.78. The normalized spacial score (nSPS) is 11.9. The largest absolute Gasteiger partial charge is 0.444 e. The highest BCUT2D eigenvalue weighted by Gasteiger charge is 2.15.